The Morgan fingerprint density at radius 2 is 1.95 bits per heavy atom. The molecule has 1 heterocycles. The lowest BCUT2D eigenvalue weighted by molar-refractivity contribution is 0.0592. The maximum absolute atomic E-state index is 11.6. The molecule has 0 spiro atoms. The highest BCUT2D eigenvalue weighted by molar-refractivity contribution is 5.88. The van der Waals surface area contributed by atoms with Gasteiger partial charge < -0.3 is 14.2 Å². The largest absolute Gasteiger partial charge is 0.464 e. The van der Waals surface area contributed by atoms with Crippen molar-refractivity contribution in [2.75, 3.05) is 34.5 Å². The van der Waals surface area contributed by atoms with Crippen LogP contribution < -0.4 is 0 Å². The Hall–Kier alpha value is -1.47. The number of esters is 1. The van der Waals surface area contributed by atoms with Crippen molar-refractivity contribution >= 4 is 5.97 Å². The highest BCUT2D eigenvalue weighted by atomic mass is 16.5. The summed E-state index contributed by atoms with van der Waals surface area (Å²) in [6, 6.07) is 0.0951. The van der Waals surface area contributed by atoms with Crippen molar-refractivity contribution in [2.45, 2.75) is 25.8 Å². The quantitative estimate of drug-likeness (QED) is 0.652. The second-order valence-corrected chi connectivity index (χ2v) is 4.19. The van der Waals surface area contributed by atoms with Gasteiger partial charge in [-0.25, -0.2) is 9.48 Å². The molecule has 7 nitrogen and oxygen atoms in total. The van der Waals surface area contributed by atoms with Gasteiger partial charge in [-0.05, 0) is 13.3 Å². The van der Waals surface area contributed by atoms with Gasteiger partial charge in [0.1, 0.15) is 0 Å². The lowest BCUT2D eigenvalue weighted by Gasteiger charge is -2.14. The molecule has 1 unspecified atom stereocenters. The highest BCUT2D eigenvalue weighted by Gasteiger charge is 2.22. The molecule has 0 fully saturated rings. The summed E-state index contributed by atoms with van der Waals surface area (Å²) in [5, 5.41) is 7.96. The smallest absolute Gasteiger partial charge is 0.360 e. The van der Waals surface area contributed by atoms with Gasteiger partial charge in [0, 0.05) is 27.2 Å². The molecule has 0 amide bonds. The molecule has 0 radical (unpaired) electrons. The van der Waals surface area contributed by atoms with Crippen LogP contribution in [0.25, 0.3) is 0 Å². The molecule has 0 aliphatic carbocycles. The first-order valence-corrected chi connectivity index (χ1v) is 6.15. The Labute approximate surface area is 112 Å². The van der Waals surface area contributed by atoms with Crippen LogP contribution in [0.2, 0.25) is 0 Å². The van der Waals surface area contributed by atoms with Gasteiger partial charge in [0.2, 0.25) is 0 Å². The van der Waals surface area contributed by atoms with E-state index in [0.29, 0.717) is 19.6 Å². The minimum absolute atomic E-state index is 0.0951. The van der Waals surface area contributed by atoms with Crippen LogP contribution in [0.1, 0.15) is 35.6 Å². The van der Waals surface area contributed by atoms with Crippen LogP contribution in [-0.2, 0) is 20.6 Å². The SMILES string of the molecule is COCCc1c(C(=O)OC)nnn1C(C)CCOC. The van der Waals surface area contributed by atoms with Crippen molar-refractivity contribution in [3.05, 3.63) is 11.4 Å². The van der Waals surface area contributed by atoms with Gasteiger partial charge in [0.25, 0.3) is 0 Å². The predicted octanol–water partition coefficient (Wildman–Crippen LogP) is 0.851. The summed E-state index contributed by atoms with van der Waals surface area (Å²) < 4.78 is 16.6. The van der Waals surface area contributed by atoms with Gasteiger partial charge in [-0.1, -0.05) is 5.21 Å². The summed E-state index contributed by atoms with van der Waals surface area (Å²) in [4.78, 5) is 11.6. The van der Waals surface area contributed by atoms with Crippen LogP contribution in [0.3, 0.4) is 0 Å². The van der Waals surface area contributed by atoms with Gasteiger partial charge in [0.05, 0.1) is 25.5 Å². The van der Waals surface area contributed by atoms with E-state index in [0.717, 1.165) is 12.1 Å². The molecule has 0 saturated carbocycles. The second-order valence-electron chi connectivity index (χ2n) is 4.19. The van der Waals surface area contributed by atoms with Crippen LogP contribution in [0.15, 0.2) is 0 Å². The topological polar surface area (TPSA) is 75.5 Å². The molecule has 1 aromatic rings. The minimum atomic E-state index is -0.476. The number of nitrogens with zero attached hydrogens (tertiary/aromatic N) is 3. The van der Waals surface area contributed by atoms with Crippen LogP contribution >= 0.6 is 0 Å². The van der Waals surface area contributed by atoms with Gasteiger partial charge >= 0.3 is 5.97 Å². The highest BCUT2D eigenvalue weighted by Crippen LogP contribution is 2.16. The average Bonchev–Trinajstić information content (AvgIpc) is 2.85. The molecule has 1 aromatic heterocycles. The van der Waals surface area contributed by atoms with Crippen molar-refractivity contribution in [1.29, 1.82) is 0 Å². The standard InChI is InChI=1S/C12H21N3O4/c1-9(5-7-17-2)15-10(6-8-18-3)11(13-14-15)12(16)19-4/h9H,5-8H2,1-4H3. The number of carbonyl (C=O) groups excluding carboxylic acids is 1. The zero-order valence-corrected chi connectivity index (χ0v) is 11.9. The second kappa shape index (κ2) is 7.85. The summed E-state index contributed by atoms with van der Waals surface area (Å²) >= 11 is 0. The first kappa shape index (κ1) is 15.6. The van der Waals surface area contributed by atoms with E-state index >= 15 is 0 Å². The Morgan fingerprint density at radius 3 is 2.53 bits per heavy atom. The minimum Gasteiger partial charge on any atom is -0.464 e. The normalized spacial score (nSPS) is 12.4. The van der Waals surface area contributed by atoms with Crippen LogP contribution in [-0.4, -0.2) is 55.5 Å². The zero-order chi connectivity index (χ0) is 14.3. The molecule has 7 heteroatoms. The Balaban J connectivity index is 2.95. The van der Waals surface area contributed by atoms with Crippen LogP contribution in [0.5, 0.6) is 0 Å². The van der Waals surface area contributed by atoms with Crippen molar-refractivity contribution in [2.24, 2.45) is 0 Å². The molecule has 108 valence electrons. The number of rotatable bonds is 8. The molecule has 0 bridgehead atoms. The number of aromatic nitrogens is 3. The van der Waals surface area contributed by atoms with Crippen molar-refractivity contribution < 1.29 is 19.0 Å². The molecule has 0 aliphatic rings. The lowest BCUT2D eigenvalue weighted by atomic mass is 10.2. The molecular weight excluding hydrogens is 250 g/mol. The van der Waals surface area contributed by atoms with Crippen LogP contribution in [0.4, 0.5) is 0 Å². The maximum Gasteiger partial charge on any atom is 0.360 e. The number of hydrogen-bond donors (Lipinski definition) is 0. The summed E-state index contributed by atoms with van der Waals surface area (Å²) in [5.41, 5.74) is 0.987. The maximum atomic E-state index is 11.6. The van der Waals surface area contributed by atoms with Crippen molar-refractivity contribution in [1.82, 2.24) is 15.0 Å². The molecule has 0 aromatic carbocycles. The lowest BCUT2D eigenvalue weighted by Crippen LogP contribution is -2.16. The summed E-state index contributed by atoms with van der Waals surface area (Å²) in [7, 11) is 4.59. The van der Waals surface area contributed by atoms with E-state index in [9.17, 15) is 4.79 Å². The van der Waals surface area contributed by atoms with E-state index in [-0.39, 0.29) is 11.7 Å². The molecular formula is C12H21N3O4. The Bertz CT molecular complexity index is 406. The summed E-state index contributed by atoms with van der Waals surface area (Å²) in [5.74, 6) is -0.476. The number of carbonyl (C=O) groups is 1. The first-order chi connectivity index (χ1) is 9.15. The van der Waals surface area contributed by atoms with E-state index in [1.165, 1.54) is 7.11 Å². The fraction of sp³-hybridized carbons (Fsp3) is 0.750. The van der Waals surface area contributed by atoms with Gasteiger partial charge in [-0.3, -0.25) is 0 Å². The first-order valence-electron chi connectivity index (χ1n) is 6.15. The van der Waals surface area contributed by atoms with Crippen molar-refractivity contribution in [3.8, 4) is 0 Å². The third-order valence-electron chi connectivity index (χ3n) is 2.87. The molecule has 19 heavy (non-hydrogen) atoms. The van der Waals surface area contributed by atoms with Crippen LogP contribution in [0, 0.1) is 0 Å². The van der Waals surface area contributed by atoms with E-state index in [1.54, 1.807) is 18.9 Å². The van der Waals surface area contributed by atoms with E-state index in [4.69, 9.17) is 14.2 Å². The Kier molecular flexibility index (Phi) is 6.44. The molecule has 1 rings (SSSR count). The fourth-order valence-electron chi connectivity index (χ4n) is 1.76. The summed E-state index contributed by atoms with van der Waals surface area (Å²) in [6.45, 7) is 3.12. The molecule has 0 saturated heterocycles. The number of methoxy groups -OCH3 is 3. The molecule has 0 N–H and O–H groups in total. The van der Waals surface area contributed by atoms with E-state index in [2.05, 4.69) is 10.3 Å². The van der Waals surface area contributed by atoms with Gasteiger partial charge in [-0.15, -0.1) is 5.10 Å². The van der Waals surface area contributed by atoms with Gasteiger partial charge in [0.15, 0.2) is 5.69 Å². The number of ether oxygens (including phenoxy) is 3. The zero-order valence-electron chi connectivity index (χ0n) is 11.9. The Morgan fingerprint density at radius 1 is 1.26 bits per heavy atom. The van der Waals surface area contributed by atoms with Crippen molar-refractivity contribution in [3.63, 3.8) is 0 Å². The predicted molar refractivity (Wildman–Crippen MR) is 68.1 cm³/mol. The monoisotopic (exact) mass is 271 g/mol. The molecule has 0 aliphatic heterocycles. The van der Waals surface area contributed by atoms with E-state index in [1.807, 2.05) is 6.92 Å². The van der Waals surface area contributed by atoms with E-state index < -0.39 is 5.97 Å². The van der Waals surface area contributed by atoms with Gasteiger partial charge in [-0.2, -0.15) is 0 Å². The fourth-order valence-corrected chi connectivity index (χ4v) is 1.76. The third kappa shape index (κ3) is 4.00. The molecule has 1 atom stereocenters. The number of hydrogen-bond acceptors (Lipinski definition) is 6. The third-order valence-corrected chi connectivity index (χ3v) is 2.87. The summed E-state index contributed by atoms with van der Waals surface area (Å²) in [6.07, 6.45) is 1.35. The average molecular weight is 271 g/mol.